The van der Waals surface area contributed by atoms with Crippen LogP contribution in [0.15, 0.2) is 51.9 Å². The molecule has 1 heterocycles. The fraction of sp³-hybridized carbons (Fsp3) is 0.167. The first-order valence-corrected chi connectivity index (χ1v) is 10.4. The lowest BCUT2D eigenvalue weighted by Gasteiger charge is -2.31. The summed E-state index contributed by atoms with van der Waals surface area (Å²) < 4.78 is 92.7. The van der Waals surface area contributed by atoms with Crippen molar-refractivity contribution in [3.63, 3.8) is 0 Å². The summed E-state index contributed by atoms with van der Waals surface area (Å²) in [7, 11) is 0. The summed E-state index contributed by atoms with van der Waals surface area (Å²) in [6.07, 6.45) is -10.4. The first-order chi connectivity index (χ1) is 16.1. The van der Waals surface area contributed by atoms with E-state index >= 15 is 0 Å². The molecule has 0 saturated heterocycles. The van der Waals surface area contributed by atoms with Gasteiger partial charge in [-0.3, -0.25) is 14.9 Å². The van der Waals surface area contributed by atoms with Crippen molar-refractivity contribution in [2.24, 2.45) is 0 Å². The zero-order valence-corrected chi connectivity index (χ0v) is 19.6. The molecule has 0 spiro atoms. The fourth-order valence-electron chi connectivity index (χ4n) is 2.90. The molecule has 0 bridgehead atoms. The van der Waals surface area contributed by atoms with E-state index in [0.29, 0.717) is 0 Å². The third-order valence-corrected chi connectivity index (χ3v) is 5.81. The molecule has 186 valence electrons. The van der Waals surface area contributed by atoms with E-state index in [9.17, 15) is 45.6 Å². The van der Waals surface area contributed by atoms with Crippen LogP contribution < -0.4 is 5.32 Å². The second-order valence-corrected chi connectivity index (χ2v) is 8.43. The van der Waals surface area contributed by atoms with Crippen LogP contribution in [0.2, 0.25) is 0 Å². The van der Waals surface area contributed by atoms with Gasteiger partial charge in [-0.15, -0.1) is 0 Å². The van der Waals surface area contributed by atoms with Gasteiger partial charge in [0.15, 0.2) is 0 Å². The molecule has 17 heteroatoms. The molecule has 0 aliphatic heterocycles. The van der Waals surface area contributed by atoms with Crippen LogP contribution in [0.3, 0.4) is 0 Å². The van der Waals surface area contributed by atoms with Gasteiger partial charge in [0.25, 0.3) is 11.6 Å². The smallest absolute Gasteiger partial charge is 0.320 e. The molecule has 1 amide bonds. The maximum Gasteiger partial charge on any atom is 0.435 e. The molecule has 0 fully saturated rings. The summed E-state index contributed by atoms with van der Waals surface area (Å²) >= 11 is 5.46. The van der Waals surface area contributed by atoms with E-state index in [1.807, 2.05) is 0 Å². The number of alkyl halides is 7. The van der Waals surface area contributed by atoms with Crippen LogP contribution in [-0.2, 0) is 5.67 Å². The SMILES string of the molecule is O=C(Nc1c(Br)cc(C(F)(C(F)(F)F)C(F)(F)F)cc1Br)c1ccc(-n2cncn2)c([N+](=O)[O-])c1. The van der Waals surface area contributed by atoms with Crippen LogP contribution in [0.25, 0.3) is 5.69 Å². The van der Waals surface area contributed by atoms with Crippen molar-refractivity contribution in [1.82, 2.24) is 14.8 Å². The van der Waals surface area contributed by atoms with Crippen molar-refractivity contribution in [2.45, 2.75) is 18.0 Å². The Morgan fingerprint density at radius 1 is 1.00 bits per heavy atom. The quantitative estimate of drug-likeness (QED) is 0.203. The van der Waals surface area contributed by atoms with Crippen LogP contribution in [0, 0.1) is 10.1 Å². The second kappa shape index (κ2) is 9.18. The topological polar surface area (TPSA) is 103 Å². The Hall–Kier alpha value is -3.08. The lowest BCUT2D eigenvalue weighted by Crippen LogP contribution is -2.50. The van der Waals surface area contributed by atoms with Gasteiger partial charge in [0, 0.05) is 26.1 Å². The summed E-state index contributed by atoms with van der Waals surface area (Å²) in [6.45, 7) is 0. The molecule has 35 heavy (non-hydrogen) atoms. The minimum Gasteiger partial charge on any atom is -0.320 e. The van der Waals surface area contributed by atoms with Crippen molar-refractivity contribution in [2.75, 3.05) is 5.32 Å². The molecule has 1 aromatic heterocycles. The molecular weight excluding hydrogens is 627 g/mol. The number of hydrogen-bond acceptors (Lipinski definition) is 5. The van der Waals surface area contributed by atoms with Gasteiger partial charge in [-0.05, 0) is 56.1 Å². The van der Waals surface area contributed by atoms with Crippen molar-refractivity contribution < 1.29 is 40.5 Å². The highest BCUT2D eigenvalue weighted by Gasteiger charge is 2.73. The average molecular weight is 635 g/mol. The second-order valence-electron chi connectivity index (χ2n) is 6.72. The number of carbonyl (C=O) groups is 1. The zero-order valence-electron chi connectivity index (χ0n) is 16.5. The lowest BCUT2D eigenvalue weighted by molar-refractivity contribution is -0.384. The molecule has 0 saturated carbocycles. The monoisotopic (exact) mass is 633 g/mol. The molecule has 0 aliphatic carbocycles. The molecule has 0 atom stereocenters. The number of nitrogens with zero attached hydrogens (tertiary/aromatic N) is 4. The van der Waals surface area contributed by atoms with Crippen LogP contribution in [0.4, 0.5) is 42.1 Å². The predicted octanol–water partition coefficient (Wildman–Crippen LogP) is 6.24. The number of nitrogens with one attached hydrogen (secondary N) is 1. The molecule has 2 aromatic carbocycles. The van der Waals surface area contributed by atoms with Crippen molar-refractivity contribution in [3.05, 3.63) is 73.2 Å². The number of carbonyl (C=O) groups excluding carboxylic acids is 1. The van der Waals surface area contributed by atoms with Gasteiger partial charge in [0.05, 0.1) is 10.6 Å². The van der Waals surface area contributed by atoms with E-state index in [4.69, 9.17) is 0 Å². The van der Waals surface area contributed by atoms with Crippen LogP contribution in [0.5, 0.6) is 0 Å². The molecule has 3 aromatic rings. The standard InChI is InChI=1S/C18H8Br2F7N5O3/c19-10-4-9(16(21,17(22,23)24)18(25,26)27)5-11(20)14(10)30-15(33)8-1-2-12(13(3-8)32(34)35)31-7-28-6-29-31/h1-7H,(H,30,33). The minimum atomic E-state index is -6.33. The number of rotatable bonds is 5. The molecule has 1 N–H and O–H groups in total. The molecule has 8 nitrogen and oxygen atoms in total. The van der Waals surface area contributed by atoms with Gasteiger partial charge in [-0.1, -0.05) is 0 Å². The van der Waals surface area contributed by atoms with E-state index in [1.165, 1.54) is 12.4 Å². The van der Waals surface area contributed by atoms with Gasteiger partial charge in [-0.25, -0.2) is 14.1 Å². The first-order valence-electron chi connectivity index (χ1n) is 8.84. The Balaban J connectivity index is 1.99. The maximum atomic E-state index is 14.4. The zero-order chi connectivity index (χ0) is 26.3. The summed E-state index contributed by atoms with van der Waals surface area (Å²) in [5.41, 5.74) is -8.70. The highest BCUT2D eigenvalue weighted by Crippen LogP contribution is 2.54. The van der Waals surface area contributed by atoms with Crippen molar-refractivity contribution in [3.8, 4) is 5.69 Å². The van der Waals surface area contributed by atoms with Gasteiger partial charge in [-0.2, -0.15) is 31.4 Å². The number of anilines is 1. The number of halogens is 9. The number of nitro groups is 1. The Bertz CT molecular complexity index is 1260. The number of hydrogen-bond donors (Lipinski definition) is 1. The van der Waals surface area contributed by atoms with E-state index in [2.05, 4.69) is 47.3 Å². The average Bonchev–Trinajstić information content (AvgIpc) is 3.28. The van der Waals surface area contributed by atoms with Gasteiger partial charge < -0.3 is 5.32 Å². The number of aromatic nitrogens is 3. The van der Waals surface area contributed by atoms with E-state index in [1.54, 1.807) is 0 Å². The first kappa shape index (κ1) is 26.5. The molecule has 0 unspecified atom stereocenters. The summed E-state index contributed by atoms with van der Waals surface area (Å²) in [4.78, 5) is 26.9. The van der Waals surface area contributed by atoms with Crippen molar-refractivity contribution >= 4 is 49.1 Å². The maximum absolute atomic E-state index is 14.4. The van der Waals surface area contributed by atoms with Crippen molar-refractivity contribution in [1.29, 1.82) is 0 Å². The number of benzene rings is 2. The van der Waals surface area contributed by atoms with Crippen LogP contribution in [-0.4, -0.2) is 37.9 Å². The highest BCUT2D eigenvalue weighted by atomic mass is 79.9. The minimum absolute atomic E-state index is 0.0330. The molecule has 0 radical (unpaired) electrons. The van der Waals surface area contributed by atoms with E-state index in [0.717, 1.165) is 23.1 Å². The normalized spacial score (nSPS) is 12.5. The third kappa shape index (κ3) is 4.86. The lowest BCUT2D eigenvalue weighted by atomic mass is 9.94. The summed E-state index contributed by atoms with van der Waals surface area (Å²) in [5, 5.41) is 17.4. The van der Waals surface area contributed by atoms with Gasteiger partial charge >= 0.3 is 18.0 Å². The largest absolute Gasteiger partial charge is 0.435 e. The molecular formula is C18H8Br2F7N5O3. The highest BCUT2D eigenvalue weighted by molar-refractivity contribution is 9.11. The predicted molar refractivity (Wildman–Crippen MR) is 113 cm³/mol. The third-order valence-electron chi connectivity index (χ3n) is 4.56. The fourth-order valence-corrected chi connectivity index (χ4v) is 4.29. The Morgan fingerprint density at radius 2 is 1.57 bits per heavy atom. The Kier molecular flexibility index (Phi) is 6.95. The van der Waals surface area contributed by atoms with Gasteiger partial charge in [0.2, 0.25) is 0 Å². The summed E-state index contributed by atoms with van der Waals surface area (Å²) in [5.74, 6) is -1.01. The van der Waals surface area contributed by atoms with Crippen LogP contribution >= 0.6 is 31.9 Å². The Labute approximate surface area is 206 Å². The van der Waals surface area contributed by atoms with Crippen LogP contribution in [0.1, 0.15) is 15.9 Å². The number of amides is 1. The van der Waals surface area contributed by atoms with E-state index in [-0.39, 0.29) is 29.1 Å². The number of nitro benzene ring substituents is 1. The Morgan fingerprint density at radius 3 is 2.03 bits per heavy atom. The van der Waals surface area contributed by atoms with E-state index < -0.39 is 49.0 Å². The van der Waals surface area contributed by atoms with Gasteiger partial charge in [0.1, 0.15) is 18.3 Å². The summed E-state index contributed by atoms with van der Waals surface area (Å²) in [6, 6.07) is 3.66. The molecule has 3 rings (SSSR count). The molecule has 0 aliphatic rings.